The first-order chi connectivity index (χ1) is 6.59. The zero-order valence-corrected chi connectivity index (χ0v) is 8.56. The van der Waals surface area contributed by atoms with E-state index in [1.165, 1.54) is 0 Å². The Bertz CT molecular complexity index is 335. The number of hydrogen-bond acceptors (Lipinski definition) is 3. The summed E-state index contributed by atoms with van der Waals surface area (Å²) >= 11 is 0. The summed E-state index contributed by atoms with van der Waals surface area (Å²) in [6.45, 7) is 4.47. The largest absolute Gasteiger partial charge is 0.388 e. The van der Waals surface area contributed by atoms with Gasteiger partial charge in [-0.2, -0.15) is 5.26 Å². The highest BCUT2D eigenvalue weighted by Gasteiger charge is 2.16. The monoisotopic (exact) mass is 193 g/mol. The van der Waals surface area contributed by atoms with Crippen molar-refractivity contribution in [3.05, 3.63) is 18.2 Å². The quantitative estimate of drug-likeness (QED) is 0.784. The van der Waals surface area contributed by atoms with Crippen LogP contribution in [0.25, 0.3) is 0 Å². The van der Waals surface area contributed by atoms with E-state index in [0.717, 1.165) is 13.0 Å². The molecule has 0 radical (unpaired) electrons. The lowest BCUT2D eigenvalue weighted by atomic mass is 9.91. The van der Waals surface area contributed by atoms with Crippen LogP contribution >= 0.6 is 0 Å². The van der Waals surface area contributed by atoms with Crippen molar-refractivity contribution in [2.75, 3.05) is 0 Å². The van der Waals surface area contributed by atoms with Gasteiger partial charge in [0.15, 0.2) is 0 Å². The predicted octanol–water partition coefficient (Wildman–Crippen LogP) is 1.32. The van der Waals surface area contributed by atoms with Crippen molar-refractivity contribution in [1.29, 1.82) is 5.26 Å². The Morgan fingerprint density at radius 1 is 1.64 bits per heavy atom. The van der Waals surface area contributed by atoms with Gasteiger partial charge in [0.2, 0.25) is 0 Å². The Labute approximate surface area is 83.8 Å². The van der Waals surface area contributed by atoms with Gasteiger partial charge in [-0.25, -0.2) is 4.98 Å². The summed E-state index contributed by atoms with van der Waals surface area (Å²) in [4.78, 5) is 3.99. The van der Waals surface area contributed by atoms with E-state index in [2.05, 4.69) is 11.1 Å². The predicted molar refractivity (Wildman–Crippen MR) is 52.2 cm³/mol. The van der Waals surface area contributed by atoms with Gasteiger partial charge in [0.05, 0.1) is 11.5 Å². The van der Waals surface area contributed by atoms with Crippen molar-refractivity contribution in [2.24, 2.45) is 5.41 Å². The molecule has 76 valence electrons. The van der Waals surface area contributed by atoms with Crippen LogP contribution in [0, 0.1) is 16.7 Å². The topological polar surface area (TPSA) is 61.8 Å². The van der Waals surface area contributed by atoms with Crippen LogP contribution in [-0.2, 0) is 13.2 Å². The van der Waals surface area contributed by atoms with E-state index < -0.39 is 0 Å². The summed E-state index contributed by atoms with van der Waals surface area (Å²) in [6.07, 6.45) is 4.23. The molecule has 4 heteroatoms. The van der Waals surface area contributed by atoms with Crippen LogP contribution in [0.15, 0.2) is 12.4 Å². The number of aliphatic hydroxyl groups excluding tert-OH is 1. The Kier molecular flexibility index (Phi) is 3.26. The summed E-state index contributed by atoms with van der Waals surface area (Å²) < 4.78 is 1.87. The van der Waals surface area contributed by atoms with Crippen LogP contribution in [0.2, 0.25) is 0 Å². The van der Waals surface area contributed by atoms with E-state index in [4.69, 9.17) is 10.4 Å². The molecule has 4 nitrogen and oxygen atoms in total. The molecule has 0 aliphatic rings. The van der Waals surface area contributed by atoms with Gasteiger partial charge in [-0.15, -0.1) is 0 Å². The molecule has 0 aliphatic heterocycles. The molecule has 0 aromatic carbocycles. The third-order valence-corrected chi connectivity index (χ3v) is 2.22. The van der Waals surface area contributed by atoms with Gasteiger partial charge in [-0.05, 0) is 20.3 Å². The third kappa shape index (κ3) is 2.57. The number of aryl methyl sites for hydroxylation is 1. The minimum atomic E-state index is -0.322. The highest BCUT2D eigenvalue weighted by molar-refractivity contribution is 4.94. The molecule has 1 aromatic rings. The number of imidazole rings is 1. The molecule has 1 aromatic heterocycles. The maximum Gasteiger partial charge on any atom is 0.134 e. The average molecular weight is 193 g/mol. The number of hydrogen-bond donors (Lipinski definition) is 1. The van der Waals surface area contributed by atoms with Gasteiger partial charge >= 0.3 is 0 Å². The Morgan fingerprint density at radius 2 is 2.36 bits per heavy atom. The molecule has 1 heterocycles. The van der Waals surface area contributed by atoms with Gasteiger partial charge in [0.1, 0.15) is 12.4 Å². The molecule has 0 aliphatic carbocycles. The molecule has 0 spiro atoms. The van der Waals surface area contributed by atoms with E-state index in [-0.39, 0.29) is 12.0 Å². The fourth-order valence-electron chi connectivity index (χ4n) is 1.15. The van der Waals surface area contributed by atoms with Crippen molar-refractivity contribution in [3.63, 3.8) is 0 Å². The summed E-state index contributed by atoms with van der Waals surface area (Å²) in [7, 11) is 0. The van der Waals surface area contributed by atoms with Crippen LogP contribution in [0.3, 0.4) is 0 Å². The van der Waals surface area contributed by atoms with Crippen LogP contribution in [0.5, 0.6) is 0 Å². The average Bonchev–Trinajstić information content (AvgIpc) is 2.62. The molecular weight excluding hydrogens is 178 g/mol. The minimum absolute atomic E-state index is 0.0556. The standard InChI is InChI=1S/C10H15N3O/c1-10(2,8-11)3-5-13-6-4-12-9(13)7-14/h4,6,14H,3,5,7H2,1-2H3. The van der Waals surface area contributed by atoms with Gasteiger partial charge in [-0.3, -0.25) is 0 Å². The van der Waals surface area contributed by atoms with Gasteiger partial charge in [0, 0.05) is 18.9 Å². The lowest BCUT2D eigenvalue weighted by Gasteiger charge is -2.15. The Morgan fingerprint density at radius 3 is 2.93 bits per heavy atom. The fraction of sp³-hybridized carbons (Fsp3) is 0.600. The van der Waals surface area contributed by atoms with Crippen molar-refractivity contribution in [2.45, 2.75) is 33.4 Å². The maximum atomic E-state index is 8.95. The summed E-state index contributed by atoms with van der Waals surface area (Å²) in [5.74, 6) is 0.652. The molecule has 0 bridgehead atoms. The fourth-order valence-corrected chi connectivity index (χ4v) is 1.15. The number of nitrogens with zero attached hydrogens (tertiary/aromatic N) is 3. The second kappa shape index (κ2) is 4.25. The molecule has 14 heavy (non-hydrogen) atoms. The first-order valence-corrected chi connectivity index (χ1v) is 4.61. The smallest absolute Gasteiger partial charge is 0.134 e. The number of aliphatic hydroxyl groups is 1. The second-order valence-electron chi connectivity index (χ2n) is 3.94. The van der Waals surface area contributed by atoms with E-state index >= 15 is 0 Å². The second-order valence-corrected chi connectivity index (χ2v) is 3.94. The molecule has 0 unspecified atom stereocenters. The zero-order valence-electron chi connectivity index (χ0n) is 8.56. The molecule has 0 saturated heterocycles. The maximum absolute atomic E-state index is 8.95. The highest BCUT2D eigenvalue weighted by atomic mass is 16.3. The summed E-state index contributed by atoms with van der Waals surface area (Å²) in [6, 6.07) is 2.24. The van der Waals surface area contributed by atoms with E-state index in [1.54, 1.807) is 6.20 Å². The lowest BCUT2D eigenvalue weighted by Crippen LogP contribution is -2.13. The summed E-state index contributed by atoms with van der Waals surface area (Å²) in [5, 5.41) is 17.8. The van der Waals surface area contributed by atoms with Crippen LogP contribution in [0.1, 0.15) is 26.1 Å². The summed E-state index contributed by atoms with van der Waals surface area (Å²) in [5.41, 5.74) is -0.322. The number of nitriles is 1. The molecular formula is C10H15N3O. The molecule has 0 fully saturated rings. The molecule has 1 N–H and O–H groups in total. The Hall–Kier alpha value is -1.34. The van der Waals surface area contributed by atoms with Crippen molar-refractivity contribution in [1.82, 2.24) is 9.55 Å². The Balaban J connectivity index is 2.59. The van der Waals surface area contributed by atoms with Crippen LogP contribution < -0.4 is 0 Å². The molecule has 0 saturated carbocycles. The van der Waals surface area contributed by atoms with Crippen molar-refractivity contribution < 1.29 is 5.11 Å². The number of rotatable bonds is 4. The first-order valence-electron chi connectivity index (χ1n) is 4.61. The van der Waals surface area contributed by atoms with Crippen molar-refractivity contribution >= 4 is 0 Å². The SMILES string of the molecule is CC(C)(C#N)CCn1ccnc1CO. The van der Waals surface area contributed by atoms with E-state index in [0.29, 0.717) is 5.82 Å². The normalized spacial score (nSPS) is 11.3. The van der Waals surface area contributed by atoms with Crippen LogP contribution in [0.4, 0.5) is 0 Å². The van der Waals surface area contributed by atoms with Gasteiger partial charge < -0.3 is 9.67 Å². The van der Waals surface area contributed by atoms with Gasteiger partial charge in [0.25, 0.3) is 0 Å². The van der Waals surface area contributed by atoms with E-state index in [1.807, 2.05) is 24.6 Å². The first kappa shape index (κ1) is 10.7. The molecule has 1 rings (SSSR count). The molecule has 0 amide bonds. The zero-order chi connectivity index (χ0) is 10.6. The minimum Gasteiger partial charge on any atom is -0.388 e. The van der Waals surface area contributed by atoms with Crippen LogP contribution in [-0.4, -0.2) is 14.7 Å². The molecule has 0 atom stereocenters. The third-order valence-electron chi connectivity index (χ3n) is 2.22. The van der Waals surface area contributed by atoms with E-state index in [9.17, 15) is 0 Å². The highest BCUT2D eigenvalue weighted by Crippen LogP contribution is 2.19. The van der Waals surface area contributed by atoms with Gasteiger partial charge in [-0.1, -0.05) is 0 Å². The van der Waals surface area contributed by atoms with Crippen molar-refractivity contribution in [3.8, 4) is 6.07 Å². The lowest BCUT2D eigenvalue weighted by molar-refractivity contribution is 0.262. The number of aromatic nitrogens is 2.